The van der Waals surface area contributed by atoms with Crippen molar-refractivity contribution in [2.75, 3.05) is 0 Å². The number of fused-ring (bicyclic) bond motifs is 1. The van der Waals surface area contributed by atoms with Crippen molar-refractivity contribution in [1.82, 2.24) is 4.90 Å². The molecule has 3 heteroatoms. The SMILES string of the molecule is CC(=O)N1Cc2ccc(C(N)C3CCCCC3)cc2C1. The minimum absolute atomic E-state index is 0.152. The zero-order valence-corrected chi connectivity index (χ0v) is 12.3. The van der Waals surface area contributed by atoms with Gasteiger partial charge in [-0.25, -0.2) is 0 Å². The second-order valence-electron chi connectivity index (χ2n) is 6.33. The molecular weight excluding hydrogens is 248 g/mol. The first-order valence-electron chi connectivity index (χ1n) is 7.78. The lowest BCUT2D eigenvalue weighted by molar-refractivity contribution is -0.129. The van der Waals surface area contributed by atoms with Gasteiger partial charge in [0.15, 0.2) is 0 Å². The van der Waals surface area contributed by atoms with E-state index in [1.165, 1.54) is 48.8 Å². The number of nitrogens with two attached hydrogens (primary N) is 1. The van der Waals surface area contributed by atoms with E-state index in [-0.39, 0.29) is 11.9 Å². The molecule has 1 unspecified atom stereocenters. The summed E-state index contributed by atoms with van der Waals surface area (Å²) in [5, 5.41) is 0. The topological polar surface area (TPSA) is 46.3 Å². The maximum atomic E-state index is 11.5. The number of benzene rings is 1. The number of hydrogen-bond acceptors (Lipinski definition) is 2. The van der Waals surface area contributed by atoms with Gasteiger partial charge in [0, 0.05) is 26.1 Å². The molecule has 1 amide bonds. The van der Waals surface area contributed by atoms with Gasteiger partial charge >= 0.3 is 0 Å². The van der Waals surface area contributed by atoms with Crippen molar-refractivity contribution < 1.29 is 4.79 Å². The molecule has 3 nitrogen and oxygen atoms in total. The smallest absolute Gasteiger partial charge is 0.220 e. The van der Waals surface area contributed by atoms with E-state index in [1.807, 2.05) is 4.90 Å². The Morgan fingerprint density at radius 3 is 2.60 bits per heavy atom. The highest BCUT2D eigenvalue weighted by Gasteiger charge is 2.25. The highest BCUT2D eigenvalue weighted by Crippen LogP contribution is 2.34. The van der Waals surface area contributed by atoms with E-state index in [1.54, 1.807) is 6.92 Å². The van der Waals surface area contributed by atoms with Gasteiger partial charge in [0.1, 0.15) is 0 Å². The molecule has 0 spiro atoms. The Bertz CT molecular complexity index is 506. The van der Waals surface area contributed by atoms with Gasteiger partial charge in [0.25, 0.3) is 0 Å². The molecule has 0 aromatic heterocycles. The lowest BCUT2D eigenvalue weighted by Crippen LogP contribution is -2.23. The molecule has 2 aliphatic rings. The summed E-state index contributed by atoms with van der Waals surface area (Å²) in [5.74, 6) is 0.784. The van der Waals surface area contributed by atoms with Crippen LogP contribution in [0.15, 0.2) is 18.2 Å². The van der Waals surface area contributed by atoms with E-state index in [4.69, 9.17) is 5.73 Å². The van der Waals surface area contributed by atoms with Gasteiger partial charge in [-0.1, -0.05) is 37.5 Å². The predicted molar refractivity (Wildman–Crippen MR) is 79.9 cm³/mol. The molecule has 0 saturated heterocycles. The zero-order valence-electron chi connectivity index (χ0n) is 12.3. The van der Waals surface area contributed by atoms with Crippen molar-refractivity contribution >= 4 is 5.91 Å². The second kappa shape index (κ2) is 5.57. The number of amides is 1. The molecular formula is C17H24N2O. The number of nitrogens with zero attached hydrogens (tertiary/aromatic N) is 1. The quantitative estimate of drug-likeness (QED) is 0.899. The molecule has 1 aromatic rings. The molecule has 3 rings (SSSR count). The van der Waals surface area contributed by atoms with Crippen LogP contribution in [0.5, 0.6) is 0 Å². The van der Waals surface area contributed by atoms with Crippen molar-refractivity contribution in [2.24, 2.45) is 11.7 Å². The van der Waals surface area contributed by atoms with Crippen LogP contribution in [0.2, 0.25) is 0 Å². The molecule has 1 aliphatic carbocycles. The summed E-state index contributed by atoms with van der Waals surface area (Å²) in [6.45, 7) is 3.14. The highest BCUT2D eigenvalue weighted by atomic mass is 16.2. The molecule has 108 valence electrons. The summed E-state index contributed by atoms with van der Waals surface area (Å²) >= 11 is 0. The lowest BCUT2D eigenvalue weighted by Gasteiger charge is -2.28. The molecule has 0 bridgehead atoms. The van der Waals surface area contributed by atoms with E-state index in [0.29, 0.717) is 5.92 Å². The Labute approximate surface area is 121 Å². The summed E-state index contributed by atoms with van der Waals surface area (Å²) in [5.41, 5.74) is 10.3. The summed E-state index contributed by atoms with van der Waals surface area (Å²) in [6.07, 6.45) is 6.53. The van der Waals surface area contributed by atoms with E-state index in [0.717, 1.165) is 13.1 Å². The molecule has 2 N–H and O–H groups in total. The fraction of sp³-hybridized carbons (Fsp3) is 0.588. The second-order valence-corrected chi connectivity index (χ2v) is 6.33. The molecule has 0 radical (unpaired) electrons. The van der Waals surface area contributed by atoms with Crippen LogP contribution >= 0.6 is 0 Å². The zero-order chi connectivity index (χ0) is 14.1. The summed E-state index contributed by atoms with van der Waals surface area (Å²) in [7, 11) is 0. The molecule has 1 fully saturated rings. The van der Waals surface area contributed by atoms with Gasteiger partial charge in [-0.2, -0.15) is 0 Å². The predicted octanol–water partition coefficient (Wildman–Crippen LogP) is 3.13. The van der Waals surface area contributed by atoms with Crippen molar-refractivity contribution in [2.45, 2.75) is 58.2 Å². The molecule has 20 heavy (non-hydrogen) atoms. The molecule has 1 aliphatic heterocycles. The van der Waals surface area contributed by atoms with Gasteiger partial charge in [-0.05, 0) is 35.4 Å². The van der Waals surface area contributed by atoms with Crippen LogP contribution in [0.3, 0.4) is 0 Å². The largest absolute Gasteiger partial charge is 0.334 e. The van der Waals surface area contributed by atoms with E-state index in [2.05, 4.69) is 18.2 Å². The third-order valence-electron chi connectivity index (χ3n) is 4.94. The summed E-state index contributed by atoms with van der Waals surface area (Å²) in [4.78, 5) is 13.4. The van der Waals surface area contributed by atoms with Crippen LogP contribution in [-0.2, 0) is 17.9 Å². The molecule has 1 atom stereocenters. The average Bonchev–Trinajstić information content (AvgIpc) is 2.90. The third kappa shape index (κ3) is 2.59. The van der Waals surface area contributed by atoms with Crippen LogP contribution in [-0.4, -0.2) is 10.8 Å². The minimum atomic E-state index is 0.152. The first-order valence-corrected chi connectivity index (χ1v) is 7.78. The van der Waals surface area contributed by atoms with Crippen molar-refractivity contribution in [3.8, 4) is 0 Å². The number of hydrogen-bond donors (Lipinski definition) is 1. The maximum absolute atomic E-state index is 11.5. The van der Waals surface area contributed by atoms with Crippen LogP contribution < -0.4 is 5.73 Å². The average molecular weight is 272 g/mol. The Morgan fingerprint density at radius 1 is 1.20 bits per heavy atom. The summed E-state index contributed by atoms with van der Waals surface area (Å²) < 4.78 is 0. The number of carbonyl (C=O) groups is 1. The lowest BCUT2D eigenvalue weighted by atomic mass is 9.81. The van der Waals surface area contributed by atoms with Crippen molar-refractivity contribution in [3.05, 3.63) is 34.9 Å². The molecule has 1 heterocycles. The summed E-state index contributed by atoms with van der Waals surface area (Å²) in [6, 6.07) is 6.72. The fourth-order valence-electron chi connectivity index (χ4n) is 3.61. The van der Waals surface area contributed by atoms with Crippen molar-refractivity contribution in [3.63, 3.8) is 0 Å². The van der Waals surface area contributed by atoms with Gasteiger partial charge < -0.3 is 10.6 Å². The van der Waals surface area contributed by atoms with Crippen LogP contribution in [0, 0.1) is 5.92 Å². The standard InChI is InChI=1S/C17H24N2O/c1-12(20)19-10-15-8-7-14(9-16(15)11-19)17(18)13-5-3-2-4-6-13/h7-9,13,17H,2-6,10-11,18H2,1H3. The molecule has 1 saturated carbocycles. The maximum Gasteiger partial charge on any atom is 0.220 e. The van der Waals surface area contributed by atoms with Gasteiger partial charge in [0.05, 0.1) is 0 Å². The first kappa shape index (κ1) is 13.6. The van der Waals surface area contributed by atoms with E-state index < -0.39 is 0 Å². The number of carbonyl (C=O) groups excluding carboxylic acids is 1. The fourth-order valence-corrected chi connectivity index (χ4v) is 3.61. The van der Waals surface area contributed by atoms with E-state index in [9.17, 15) is 4.79 Å². The van der Waals surface area contributed by atoms with Crippen molar-refractivity contribution in [1.29, 1.82) is 0 Å². The first-order chi connectivity index (χ1) is 9.65. The Morgan fingerprint density at radius 2 is 1.90 bits per heavy atom. The van der Waals surface area contributed by atoms with Gasteiger partial charge in [0.2, 0.25) is 5.91 Å². The van der Waals surface area contributed by atoms with E-state index >= 15 is 0 Å². The Balaban J connectivity index is 1.76. The highest BCUT2D eigenvalue weighted by molar-refractivity contribution is 5.74. The normalized spacial score (nSPS) is 20.8. The third-order valence-corrected chi connectivity index (χ3v) is 4.94. The van der Waals surface area contributed by atoms with Crippen LogP contribution in [0.1, 0.15) is 61.8 Å². The Kier molecular flexibility index (Phi) is 3.79. The van der Waals surface area contributed by atoms with Crippen LogP contribution in [0.25, 0.3) is 0 Å². The van der Waals surface area contributed by atoms with Gasteiger partial charge in [-0.3, -0.25) is 4.79 Å². The Hall–Kier alpha value is -1.35. The van der Waals surface area contributed by atoms with Crippen LogP contribution in [0.4, 0.5) is 0 Å². The monoisotopic (exact) mass is 272 g/mol. The minimum Gasteiger partial charge on any atom is -0.334 e. The van der Waals surface area contributed by atoms with Gasteiger partial charge in [-0.15, -0.1) is 0 Å². The molecule has 1 aromatic carbocycles. The number of rotatable bonds is 2.